The first-order chi connectivity index (χ1) is 16.8. The number of carbonyl (C=O) groups is 2. The molecule has 0 bridgehead atoms. The number of amidine groups is 1. The maximum absolute atomic E-state index is 15.0. The van der Waals surface area contributed by atoms with Crippen LogP contribution in [0.3, 0.4) is 0 Å². The molecule has 35 heavy (non-hydrogen) atoms. The average Bonchev–Trinajstić information content (AvgIpc) is 3.20. The van der Waals surface area contributed by atoms with Crippen LogP contribution in [0.15, 0.2) is 51.6 Å². The Morgan fingerprint density at radius 1 is 1.29 bits per heavy atom. The van der Waals surface area contributed by atoms with Crippen LogP contribution in [-0.4, -0.2) is 72.3 Å². The second-order valence-corrected chi connectivity index (χ2v) is 9.69. The summed E-state index contributed by atoms with van der Waals surface area (Å²) in [4.78, 5) is 34.5. The van der Waals surface area contributed by atoms with E-state index in [1.165, 1.54) is 17.8 Å². The number of aliphatic imine (C=N–C) groups is 1. The van der Waals surface area contributed by atoms with E-state index >= 15 is 4.39 Å². The summed E-state index contributed by atoms with van der Waals surface area (Å²) in [6.45, 7) is 9.68. The molecule has 1 fully saturated rings. The number of allylic oxidation sites excluding steroid dienone is 1. The minimum absolute atomic E-state index is 0.0889. The highest BCUT2D eigenvalue weighted by Gasteiger charge is 2.42. The molecule has 0 spiro atoms. The van der Waals surface area contributed by atoms with Crippen LogP contribution < -0.4 is 5.32 Å². The molecule has 0 aromatic heterocycles. The van der Waals surface area contributed by atoms with Gasteiger partial charge in [-0.1, -0.05) is 30.0 Å². The molecule has 1 saturated heterocycles. The van der Waals surface area contributed by atoms with Crippen molar-refractivity contribution in [1.29, 1.82) is 0 Å². The molecule has 10 heteroatoms. The molecule has 1 N–H and O–H groups in total. The van der Waals surface area contributed by atoms with Gasteiger partial charge in [0.2, 0.25) is 5.91 Å². The second kappa shape index (κ2) is 11.4. The van der Waals surface area contributed by atoms with Crippen molar-refractivity contribution >= 4 is 28.8 Å². The van der Waals surface area contributed by atoms with Crippen molar-refractivity contribution in [2.45, 2.75) is 39.3 Å². The van der Waals surface area contributed by atoms with Gasteiger partial charge in [-0.2, -0.15) is 0 Å². The second-order valence-electron chi connectivity index (χ2n) is 8.85. The van der Waals surface area contributed by atoms with E-state index in [1.807, 2.05) is 5.41 Å². The van der Waals surface area contributed by atoms with E-state index in [0.717, 1.165) is 19.6 Å². The molecular weight excluding hydrogens is 471 g/mol. The largest absolute Gasteiger partial charge is 0.459 e. The first-order valence-corrected chi connectivity index (χ1v) is 12.7. The molecule has 3 aliphatic heterocycles. The predicted octanol–water partition coefficient (Wildman–Crippen LogP) is 3.19. The van der Waals surface area contributed by atoms with E-state index in [4.69, 9.17) is 9.47 Å². The standard InChI is InChI=1S/C25H31FN4O4S/c1-16(2)34-24(32)22-17(3)28-25-30(23(22)19-6-4-5-7-20(19)26)18(15-35-25)14-21(31)27-8-9-29-10-12-33-13-11-29/h4-7,15-16,23H,8-14H2,1-3H3,(H,27,31). The first kappa shape index (κ1) is 25.4. The molecule has 1 aromatic rings. The molecule has 0 radical (unpaired) electrons. The van der Waals surface area contributed by atoms with Gasteiger partial charge in [0.15, 0.2) is 5.17 Å². The lowest BCUT2D eigenvalue weighted by atomic mass is 9.93. The number of morpholine rings is 1. The SMILES string of the molecule is CC1=C(C(=O)OC(C)C)C(c2ccccc2F)N2C(CC(=O)NCCN3CCOCC3)=CSC2=N1. The Morgan fingerprint density at radius 2 is 2.03 bits per heavy atom. The normalized spacial score (nSPS) is 20.5. The molecule has 1 amide bonds. The lowest BCUT2D eigenvalue weighted by Crippen LogP contribution is -2.42. The van der Waals surface area contributed by atoms with Crippen LogP contribution in [0.5, 0.6) is 0 Å². The van der Waals surface area contributed by atoms with E-state index in [0.29, 0.717) is 41.9 Å². The Balaban J connectivity index is 1.54. The van der Waals surface area contributed by atoms with Gasteiger partial charge in [-0.3, -0.25) is 9.69 Å². The van der Waals surface area contributed by atoms with Crippen LogP contribution in [0, 0.1) is 5.82 Å². The van der Waals surface area contributed by atoms with Gasteiger partial charge in [0.1, 0.15) is 5.82 Å². The minimum Gasteiger partial charge on any atom is -0.459 e. The molecular formula is C25H31FN4O4S. The van der Waals surface area contributed by atoms with Gasteiger partial charge in [-0.05, 0) is 32.2 Å². The number of halogens is 1. The number of thioether (sulfide) groups is 1. The number of amides is 1. The van der Waals surface area contributed by atoms with E-state index in [-0.39, 0.29) is 24.0 Å². The number of rotatable bonds is 8. The summed E-state index contributed by atoms with van der Waals surface area (Å²) in [5, 5.41) is 5.42. The lowest BCUT2D eigenvalue weighted by Gasteiger charge is -2.36. The van der Waals surface area contributed by atoms with Crippen molar-refractivity contribution in [1.82, 2.24) is 15.1 Å². The molecule has 8 nitrogen and oxygen atoms in total. The van der Waals surface area contributed by atoms with Gasteiger partial charge >= 0.3 is 5.97 Å². The monoisotopic (exact) mass is 502 g/mol. The van der Waals surface area contributed by atoms with Crippen LogP contribution >= 0.6 is 11.8 Å². The van der Waals surface area contributed by atoms with Gasteiger partial charge in [0, 0.05) is 37.4 Å². The molecule has 1 atom stereocenters. The molecule has 1 aromatic carbocycles. The Morgan fingerprint density at radius 3 is 2.74 bits per heavy atom. The number of hydrogen-bond acceptors (Lipinski definition) is 8. The van der Waals surface area contributed by atoms with Gasteiger partial charge < -0.3 is 19.7 Å². The molecule has 0 saturated carbocycles. The van der Waals surface area contributed by atoms with Crippen molar-refractivity contribution in [3.05, 3.63) is 58.0 Å². The summed E-state index contributed by atoms with van der Waals surface area (Å²) in [6.07, 6.45) is -0.249. The zero-order valence-corrected chi connectivity index (χ0v) is 21.1. The van der Waals surface area contributed by atoms with Gasteiger partial charge in [-0.25, -0.2) is 14.2 Å². The van der Waals surface area contributed by atoms with Crippen LogP contribution in [-0.2, 0) is 19.1 Å². The Labute approximate surface area is 209 Å². The Hall–Kier alpha value is -2.69. The van der Waals surface area contributed by atoms with Crippen molar-refractivity contribution < 1.29 is 23.5 Å². The predicted molar refractivity (Wildman–Crippen MR) is 133 cm³/mol. The molecule has 3 aliphatic rings. The fourth-order valence-corrected chi connectivity index (χ4v) is 5.27. The smallest absolute Gasteiger partial charge is 0.338 e. The van der Waals surface area contributed by atoms with Crippen LogP contribution in [0.25, 0.3) is 0 Å². The minimum atomic E-state index is -0.780. The summed E-state index contributed by atoms with van der Waals surface area (Å²) in [5.41, 5.74) is 1.74. The van der Waals surface area contributed by atoms with E-state index < -0.39 is 17.8 Å². The third-order valence-corrected chi connectivity index (χ3v) is 6.85. The van der Waals surface area contributed by atoms with Gasteiger partial charge in [-0.15, -0.1) is 0 Å². The lowest BCUT2D eigenvalue weighted by molar-refractivity contribution is -0.143. The van der Waals surface area contributed by atoms with Gasteiger partial charge in [0.05, 0.1) is 43.1 Å². The van der Waals surface area contributed by atoms with Crippen molar-refractivity contribution in [2.75, 3.05) is 39.4 Å². The number of benzene rings is 1. The fourth-order valence-electron chi connectivity index (χ4n) is 4.30. The summed E-state index contributed by atoms with van der Waals surface area (Å²) in [5.74, 6) is -1.12. The highest BCUT2D eigenvalue weighted by atomic mass is 32.2. The summed E-state index contributed by atoms with van der Waals surface area (Å²) < 4.78 is 25.9. The van der Waals surface area contributed by atoms with Crippen LogP contribution in [0.4, 0.5) is 4.39 Å². The number of fused-ring (bicyclic) bond motifs is 1. The quantitative estimate of drug-likeness (QED) is 0.547. The first-order valence-electron chi connectivity index (χ1n) is 11.8. The number of ether oxygens (including phenoxy) is 2. The maximum atomic E-state index is 15.0. The molecule has 188 valence electrons. The van der Waals surface area contributed by atoms with Crippen LogP contribution in [0.2, 0.25) is 0 Å². The van der Waals surface area contributed by atoms with Crippen molar-refractivity contribution in [2.24, 2.45) is 4.99 Å². The van der Waals surface area contributed by atoms with Gasteiger partial charge in [0.25, 0.3) is 0 Å². The molecule has 3 heterocycles. The zero-order valence-electron chi connectivity index (χ0n) is 20.3. The van der Waals surface area contributed by atoms with E-state index in [9.17, 15) is 9.59 Å². The Bertz CT molecular complexity index is 1070. The fraction of sp³-hybridized carbons (Fsp3) is 0.480. The molecule has 1 unspecified atom stereocenters. The number of nitrogens with one attached hydrogen (secondary N) is 1. The Kier molecular flexibility index (Phi) is 8.25. The third kappa shape index (κ3) is 5.94. The number of carbonyl (C=O) groups excluding carboxylic acids is 2. The number of esters is 1. The third-order valence-electron chi connectivity index (χ3n) is 5.96. The highest BCUT2D eigenvalue weighted by Crippen LogP contribution is 2.45. The van der Waals surface area contributed by atoms with Crippen LogP contribution in [0.1, 0.15) is 38.8 Å². The number of nitrogens with zero attached hydrogens (tertiary/aromatic N) is 3. The zero-order chi connectivity index (χ0) is 24.9. The maximum Gasteiger partial charge on any atom is 0.338 e. The molecule has 4 rings (SSSR count). The number of hydrogen-bond donors (Lipinski definition) is 1. The van der Waals surface area contributed by atoms with E-state index in [1.54, 1.807) is 43.9 Å². The average molecular weight is 503 g/mol. The topological polar surface area (TPSA) is 83.5 Å². The molecule has 0 aliphatic carbocycles. The summed E-state index contributed by atoms with van der Waals surface area (Å²) in [6, 6.07) is 5.58. The van der Waals surface area contributed by atoms with Crippen molar-refractivity contribution in [3.63, 3.8) is 0 Å². The van der Waals surface area contributed by atoms with Crippen molar-refractivity contribution in [3.8, 4) is 0 Å². The highest BCUT2D eigenvalue weighted by molar-refractivity contribution is 8.16. The summed E-state index contributed by atoms with van der Waals surface area (Å²) >= 11 is 1.36. The summed E-state index contributed by atoms with van der Waals surface area (Å²) in [7, 11) is 0. The van der Waals surface area contributed by atoms with E-state index in [2.05, 4.69) is 15.2 Å².